The van der Waals surface area contributed by atoms with Crippen LogP contribution in [0.15, 0.2) is 18.2 Å². The summed E-state index contributed by atoms with van der Waals surface area (Å²) in [5.41, 5.74) is 1.97. The fraction of sp³-hybridized carbons (Fsp3) is 0.455. The van der Waals surface area contributed by atoms with E-state index in [1.165, 1.54) is 0 Å². The van der Waals surface area contributed by atoms with E-state index >= 15 is 0 Å². The summed E-state index contributed by atoms with van der Waals surface area (Å²) in [4.78, 5) is 0. The minimum absolute atomic E-state index is 0.0661. The van der Waals surface area contributed by atoms with Gasteiger partial charge in [0.25, 0.3) is 0 Å². The highest BCUT2D eigenvalue weighted by atomic mass is 16.5. The van der Waals surface area contributed by atoms with Crippen molar-refractivity contribution in [3.63, 3.8) is 0 Å². The molecule has 0 saturated heterocycles. The fourth-order valence-corrected chi connectivity index (χ4v) is 0.963. The zero-order valence-electron chi connectivity index (χ0n) is 8.79. The Labute approximate surface area is 80.2 Å². The SMILES string of the molecule is CC.COc1cc(CO)ccc1C. The third kappa shape index (κ3) is 3.47. The molecule has 0 aromatic heterocycles. The van der Waals surface area contributed by atoms with Crippen molar-refractivity contribution >= 4 is 0 Å². The summed E-state index contributed by atoms with van der Waals surface area (Å²) in [6, 6.07) is 5.66. The van der Waals surface area contributed by atoms with Gasteiger partial charge >= 0.3 is 0 Å². The monoisotopic (exact) mass is 182 g/mol. The first-order valence-electron chi connectivity index (χ1n) is 4.52. The van der Waals surface area contributed by atoms with Gasteiger partial charge in [-0.15, -0.1) is 0 Å². The van der Waals surface area contributed by atoms with Gasteiger partial charge in [-0.3, -0.25) is 0 Å². The first-order chi connectivity index (χ1) is 6.27. The lowest BCUT2D eigenvalue weighted by atomic mass is 10.1. The van der Waals surface area contributed by atoms with Crippen LogP contribution in [0.1, 0.15) is 25.0 Å². The van der Waals surface area contributed by atoms with Crippen LogP contribution in [0.3, 0.4) is 0 Å². The molecular weight excluding hydrogens is 164 g/mol. The molecule has 2 nitrogen and oxygen atoms in total. The second-order valence-electron chi connectivity index (χ2n) is 2.46. The first-order valence-corrected chi connectivity index (χ1v) is 4.52. The van der Waals surface area contributed by atoms with Gasteiger partial charge in [0.1, 0.15) is 5.75 Å². The molecule has 0 amide bonds. The lowest BCUT2D eigenvalue weighted by molar-refractivity contribution is 0.281. The van der Waals surface area contributed by atoms with Gasteiger partial charge in [0.05, 0.1) is 13.7 Å². The van der Waals surface area contributed by atoms with Gasteiger partial charge in [-0.05, 0) is 24.1 Å². The Morgan fingerprint density at radius 3 is 2.38 bits per heavy atom. The van der Waals surface area contributed by atoms with E-state index in [0.29, 0.717) is 0 Å². The summed E-state index contributed by atoms with van der Waals surface area (Å²) in [6.07, 6.45) is 0. The van der Waals surface area contributed by atoms with Gasteiger partial charge in [0, 0.05) is 0 Å². The number of aryl methyl sites for hydroxylation is 1. The molecule has 13 heavy (non-hydrogen) atoms. The molecule has 1 aromatic rings. The van der Waals surface area contributed by atoms with Crippen LogP contribution in [0.2, 0.25) is 0 Å². The van der Waals surface area contributed by atoms with Gasteiger partial charge in [-0.25, -0.2) is 0 Å². The van der Waals surface area contributed by atoms with Gasteiger partial charge in [-0.2, -0.15) is 0 Å². The topological polar surface area (TPSA) is 29.5 Å². The quantitative estimate of drug-likeness (QED) is 0.761. The zero-order chi connectivity index (χ0) is 10.3. The van der Waals surface area contributed by atoms with Crippen molar-refractivity contribution < 1.29 is 9.84 Å². The van der Waals surface area contributed by atoms with Crippen LogP contribution < -0.4 is 4.74 Å². The normalized spacial score (nSPS) is 8.69. The number of methoxy groups -OCH3 is 1. The Balaban J connectivity index is 0.000000671. The van der Waals surface area contributed by atoms with Gasteiger partial charge in [-0.1, -0.05) is 26.0 Å². The standard InChI is InChI=1S/C9H12O2.C2H6/c1-7-3-4-8(6-10)5-9(7)11-2;1-2/h3-5,10H,6H2,1-2H3;1-2H3. The third-order valence-electron chi connectivity index (χ3n) is 1.66. The summed E-state index contributed by atoms with van der Waals surface area (Å²) in [6.45, 7) is 6.04. The van der Waals surface area contributed by atoms with Crippen LogP contribution in [0.4, 0.5) is 0 Å². The summed E-state index contributed by atoms with van der Waals surface area (Å²) in [5.74, 6) is 0.830. The molecule has 1 N–H and O–H groups in total. The lowest BCUT2D eigenvalue weighted by Gasteiger charge is -2.05. The smallest absolute Gasteiger partial charge is 0.122 e. The molecule has 0 radical (unpaired) electrons. The van der Waals surface area contributed by atoms with Gasteiger partial charge < -0.3 is 9.84 Å². The van der Waals surface area contributed by atoms with E-state index in [9.17, 15) is 0 Å². The molecule has 0 saturated carbocycles. The van der Waals surface area contributed by atoms with Crippen LogP contribution in [-0.4, -0.2) is 12.2 Å². The average molecular weight is 182 g/mol. The van der Waals surface area contributed by atoms with Crippen LogP contribution >= 0.6 is 0 Å². The number of hydrogen-bond acceptors (Lipinski definition) is 2. The van der Waals surface area contributed by atoms with Crippen LogP contribution in [0.25, 0.3) is 0 Å². The molecule has 0 bridgehead atoms. The highest BCUT2D eigenvalue weighted by Crippen LogP contribution is 2.18. The Kier molecular flexibility index (Phi) is 5.98. The molecule has 0 aliphatic carbocycles. The van der Waals surface area contributed by atoms with E-state index in [2.05, 4.69) is 0 Å². The molecule has 0 unspecified atom stereocenters. The number of ether oxygens (including phenoxy) is 1. The van der Waals surface area contributed by atoms with Gasteiger partial charge in [0.15, 0.2) is 0 Å². The Hall–Kier alpha value is -1.02. The highest BCUT2D eigenvalue weighted by molar-refractivity contribution is 5.36. The maximum Gasteiger partial charge on any atom is 0.122 e. The van der Waals surface area contributed by atoms with Crippen molar-refractivity contribution in [2.24, 2.45) is 0 Å². The van der Waals surface area contributed by atoms with E-state index in [-0.39, 0.29) is 6.61 Å². The summed E-state index contributed by atoms with van der Waals surface area (Å²) < 4.78 is 5.08. The van der Waals surface area contributed by atoms with Crippen molar-refractivity contribution in [3.05, 3.63) is 29.3 Å². The second-order valence-corrected chi connectivity index (χ2v) is 2.46. The number of rotatable bonds is 2. The van der Waals surface area contributed by atoms with Crippen LogP contribution in [0.5, 0.6) is 5.75 Å². The van der Waals surface area contributed by atoms with Crippen LogP contribution in [-0.2, 0) is 6.61 Å². The largest absolute Gasteiger partial charge is 0.496 e. The third-order valence-corrected chi connectivity index (χ3v) is 1.66. The minimum atomic E-state index is 0.0661. The summed E-state index contributed by atoms with van der Waals surface area (Å²) in [7, 11) is 1.63. The molecule has 0 aliphatic rings. The minimum Gasteiger partial charge on any atom is -0.496 e. The van der Waals surface area contributed by atoms with E-state index < -0.39 is 0 Å². The zero-order valence-corrected chi connectivity index (χ0v) is 8.79. The molecule has 74 valence electrons. The summed E-state index contributed by atoms with van der Waals surface area (Å²) >= 11 is 0. The summed E-state index contributed by atoms with van der Waals surface area (Å²) in [5, 5.41) is 8.79. The Morgan fingerprint density at radius 1 is 1.31 bits per heavy atom. The second kappa shape index (κ2) is 6.49. The number of benzene rings is 1. The predicted octanol–water partition coefficient (Wildman–Crippen LogP) is 2.52. The average Bonchev–Trinajstić information content (AvgIpc) is 2.22. The number of aliphatic hydroxyl groups excluding tert-OH is 1. The molecule has 1 rings (SSSR count). The highest BCUT2D eigenvalue weighted by Gasteiger charge is 1.97. The number of aliphatic hydroxyl groups is 1. The van der Waals surface area contributed by atoms with Crippen molar-refractivity contribution in [3.8, 4) is 5.75 Å². The predicted molar refractivity (Wildman–Crippen MR) is 55.0 cm³/mol. The van der Waals surface area contributed by atoms with Crippen molar-refractivity contribution in [1.29, 1.82) is 0 Å². The molecule has 1 aromatic carbocycles. The van der Waals surface area contributed by atoms with E-state index in [1.54, 1.807) is 7.11 Å². The Morgan fingerprint density at radius 2 is 1.92 bits per heavy atom. The van der Waals surface area contributed by atoms with Crippen molar-refractivity contribution in [1.82, 2.24) is 0 Å². The fourth-order valence-electron chi connectivity index (χ4n) is 0.963. The molecule has 0 spiro atoms. The maximum absolute atomic E-state index is 8.79. The molecule has 0 fully saturated rings. The maximum atomic E-state index is 8.79. The lowest BCUT2D eigenvalue weighted by Crippen LogP contribution is -1.89. The molecule has 2 heteroatoms. The van der Waals surface area contributed by atoms with Crippen molar-refractivity contribution in [2.75, 3.05) is 7.11 Å². The molecule has 0 atom stereocenters. The molecular formula is C11H18O2. The van der Waals surface area contributed by atoms with Gasteiger partial charge in [0.2, 0.25) is 0 Å². The number of hydrogen-bond donors (Lipinski definition) is 1. The molecule has 0 aliphatic heterocycles. The van der Waals surface area contributed by atoms with Crippen molar-refractivity contribution in [2.45, 2.75) is 27.4 Å². The Bertz CT molecular complexity index is 244. The molecule has 0 heterocycles. The first kappa shape index (κ1) is 12.0. The van der Waals surface area contributed by atoms with Crippen LogP contribution in [0, 0.1) is 6.92 Å². The van der Waals surface area contributed by atoms with E-state index in [4.69, 9.17) is 9.84 Å². The van der Waals surface area contributed by atoms with E-state index in [1.807, 2.05) is 39.0 Å². The van der Waals surface area contributed by atoms with E-state index in [0.717, 1.165) is 16.9 Å².